The summed E-state index contributed by atoms with van der Waals surface area (Å²) in [5.74, 6) is -0.412. The van der Waals surface area contributed by atoms with Crippen molar-refractivity contribution in [3.63, 3.8) is 0 Å². The predicted molar refractivity (Wildman–Crippen MR) is 295 cm³/mol. The molecule has 2 amide bonds. The average Bonchev–Trinajstić information content (AvgIpc) is 3.44. The molecule has 11 rings (SSSR count). The zero-order valence-electron chi connectivity index (χ0n) is 41.7. The quantitative estimate of drug-likeness (QED) is 0.0496. The van der Waals surface area contributed by atoms with Gasteiger partial charge in [-0.15, -0.1) is 0 Å². The van der Waals surface area contributed by atoms with Crippen molar-refractivity contribution in [3.05, 3.63) is 167 Å². The number of rotatable bonds is 18. The first-order chi connectivity index (χ1) is 36.4. The highest BCUT2D eigenvalue weighted by atomic mass is 16.2. The normalized spacial score (nSPS) is 15.6. The van der Waals surface area contributed by atoms with Crippen LogP contribution < -0.4 is 21.3 Å². The number of anilines is 2. The van der Waals surface area contributed by atoms with E-state index >= 15 is 0 Å². The minimum absolute atomic E-state index is 0.0744. The second kappa shape index (κ2) is 22.2. The number of amides is 2. The van der Waals surface area contributed by atoms with Crippen molar-refractivity contribution in [2.24, 2.45) is 0 Å². The fourth-order valence-electron chi connectivity index (χ4n) is 11.1. The molecule has 2 aromatic heterocycles. The number of pyridine rings is 2. The fourth-order valence-corrected chi connectivity index (χ4v) is 11.1. The predicted octanol–water partition coefficient (Wildman–Crippen LogP) is 7.56. The van der Waals surface area contributed by atoms with E-state index in [1.54, 1.807) is 12.1 Å². The third-order valence-electron chi connectivity index (χ3n) is 15.0. The Hall–Kier alpha value is -7.62. The molecule has 74 heavy (non-hydrogen) atoms. The molecule has 2 fully saturated rings. The summed E-state index contributed by atoms with van der Waals surface area (Å²) in [5, 5.41) is 16.8. The molecule has 3 aliphatic rings. The number of hydrogen-bond donors (Lipinski definition) is 4. The molecule has 0 unspecified atom stereocenters. The molecule has 4 N–H and O–H groups in total. The van der Waals surface area contributed by atoms with Gasteiger partial charge in [0.05, 0.1) is 44.3 Å². The Morgan fingerprint density at radius 1 is 0.392 bits per heavy atom. The number of carbonyl (C=O) groups is 4. The van der Waals surface area contributed by atoms with Gasteiger partial charge in [-0.1, -0.05) is 97.1 Å². The van der Waals surface area contributed by atoms with E-state index < -0.39 is 0 Å². The number of aromatic nitrogens is 2. The summed E-state index contributed by atoms with van der Waals surface area (Å²) >= 11 is 0. The van der Waals surface area contributed by atoms with Gasteiger partial charge in [0.25, 0.3) is 11.8 Å². The molecule has 6 aromatic carbocycles. The van der Waals surface area contributed by atoms with Crippen LogP contribution >= 0.6 is 0 Å². The smallest absolute Gasteiger partial charge is 0.252 e. The van der Waals surface area contributed by atoms with Gasteiger partial charge >= 0.3 is 0 Å². The molecule has 2 aliphatic heterocycles. The van der Waals surface area contributed by atoms with Crippen LogP contribution in [-0.2, 0) is 0 Å². The van der Waals surface area contributed by atoms with E-state index in [0.717, 1.165) is 135 Å². The van der Waals surface area contributed by atoms with Gasteiger partial charge in [0.1, 0.15) is 0 Å². The van der Waals surface area contributed by atoms with Crippen molar-refractivity contribution < 1.29 is 19.2 Å². The van der Waals surface area contributed by atoms with E-state index in [9.17, 15) is 19.2 Å². The lowest BCUT2D eigenvalue weighted by Gasteiger charge is -2.34. The summed E-state index contributed by atoms with van der Waals surface area (Å²) in [4.78, 5) is 74.7. The van der Waals surface area contributed by atoms with Gasteiger partial charge < -0.3 is 31.1 Å². The van der Waals surface area contributed by atoms with E-state index in [0.29, 0.717) is 70.9 Å². The molecule has 14 heteroatoms. The number of ketones is 2. The van der Waals surface area contributed by atoms with Crippen LogP contribution in [0.1, 0.15) is 65.4 Å². The van der Waals surface area contributed by atoms with Gasteiger partial charge in [0.15, 0.2) is 11.6 Å². The van der Waals surface area contributed by atoms with Crippen LogP contribution in [0.2, 0.25) is 0 Å². The first kappa shape index (κ1) is 48.6. The third-order valence-corrected chi connectivity index (χ3v) is 15.0. The minimum Gasteiger partial charge on any atom is -0.384 e. The molecular formula is C60H62N10O4. The molecule has 0 radical (unpaired) electrons. The molecule has 0 saturated carbocycles. The third kappa shape index (κ3) is 10.3. The Labute approximate surface area is 431 Å². The van der Waals surface area contributed by atoms with Gasteiger partial charge in [0, 0.05) is 136 Å². The number of hydrogen-bond acceptors (Lipinski definition) is 12. The summed E-state index contributed by atoms with van der Waals surface area (Å²) in [5.41, 5.74) is 7.78. The van der Waals surface area contributed by atoms with E-state index in [-0.39, 0.29) is 23.4 Å². The fraction of sp³-hybridized carbons (Fsp3) is 0.300. The number of nitrogens with zero attached hydrogens (tertiary/aromatic N) is 6. The van der Waals surface area contributed by atoms with Crippen LogP contribution in [0.4, 0.5) is 11.4 Å². The number of nitrogens with one attached hydrogen (secondary N) is 4. The molecule has 0 bridgehead atoms. The molecule has 4 heterocycles. The first-order valence-corrected chi connectivity index (χ1v) is 26.2. The molecule has 14 nitrogen and oxygen atoms in total. The van der Waals surface area contributed by atoms with E-state index in [1.807, 2.05) is 121 Å². The van der Waals surface area contributed by atoms with Crippen LogP contribution in [-0.4, -0.2) is 158 Å². The number of carbonyl (C=O) groups excluding carboxylic acids is 4. The van der Waals surface area contributed by atoms with Crippen molar-refractivity contribution in [1.29, 1.82) is 0 Å². The van der Waals surface area contributed by atoms with Gasteiger partial charge in [-0.25, -0.2) is 9.97 Å². The monoisotopic (exact) mass is 986 g/mol. The van der Waals surface area contributed by atoms with E-state index in [2.05, 4.69) is 40.9 Å². The highest BCUT2D eigenvalue weighted by Crippen LogP contribution is 2.36. The Bertz CT molecular complexity index is 3070. The van der Waals surface area contributed by atoms with Gasteiger partial charge in [-0.3, -0.25) is 29.0 Å². The second-order valence-corrected chi connectivity index (χ2v) is 19.6. The zero-order valence-corrected chi connectivity index (χ0v) is 41.7. The van der Waals surface area contributed by atoms with Crippen LogP contribution in [0.25, 0.3) is 43.6 Å². The molecule has 1 aliphatic carbocycles. The van der Waals surface area contributed by atoms with Crippen LogP contribution in [0.3, 0.4) is 0 Å². The summed E-state index contributed by atoms with van der Waals surface area (Å²) in [6.45, 7) is 13.3. The maximum Gasteiger partial charge on any atom is 0.252 e. The van der Waals surface area contributed by atoms with Crippen molar-refractivity contribution in [2.75, 3.05) is 115 Å². The highest BCUT2D eigenvalue weighted by molar-refractivity contribution is 6.32. The maximum atomic E-state index is 14.4. The molecule has 376 valence electrons. The molecule has 2 saturated heterocycles. The number of benzene rings is 6. The lowest BCUT2D eigenvalue weighted by Crippen LogP contribution is -2.48. The average molecular weight is 987 g/mol. The van der Waals surface area contributed by atoms with Crippen molar-refractivity contribution in [2.45, 2.75) is 12.8 Å². The Morgan fingerprint density at radius 2 is 0.730 bits per heavy atom. The van der Waals surface area contributed by atoms with Crippen molar-refractivity contribution >= 4 is 78.4 Å². The summed E-state index contributed by atoms with van der Waals surface area (Å²) in [6.07, 6.45) is 1.77. The van der Waals surface area contributed by atoms with Gasteiger partial charge in [0.2, 0.25) is 0 Å². The molecule has 0 atom stereocenters. The number of piperazine rings is 2. The molecular weight excluding hydrogens is 925 g/mol. The lowest BCUT2D eigenvalue weighted by molar-refractivity contribution is 0.0931. The number of fused-ring (bicyclic) bond motifs is 6. The van der Waals surface area contributed by atoms with Crippen LogP contribution in [0.5, 0.6) is 0 Å². The highest BCUT2D eigenvalue weighted by Gasteiger charge is 2.34. The molecule has 8 aromatic rings. The van der Waals surface area contributed by atoms with Crippen LogP contribution in [0.15, 0.2) is 133 Å². The van der Waals surface area contributed by atoms with Gasteiger partial charge in [-0.2, -0.15) is 0 Å². The largest absolute Gasteiger partial charge is 0.384 e. The summed E-state index contributed by atoms with van der Waals surface area (Å²) in [7, 11) is 0. The van der Waals surface area contributed by atoms with E-state index in [1.165, 1.54) is 0 Å². The zero-order chi connectivity index (χ0) is 50.4. The SMILES string of the molecule is O=C1c2cccc(NCCCN3CCN(CCNC(=O)c4c5ccccc5nc5ccccc45)CC3)c2C(=O)c2c(NCCCN3CCN(CCNC(=O)c4c5ccccc5nc5ccccc45)CC3)cccc21. The summed E-state index contributed by atoms with van der Waals surface area (Å²) < 4.78 is 0. The Kier molecular flexibility index (Phi) is 14.6. The molecule has 0 spiro atoms. The van der Waals surface area contributed by atoms with Crippen molar-refractivity contribution in [1.82, 2.24) is 40.2 Å². The van der Waals surface area contributed by atoms with Crippen LogP contribution in [0, 0.1) is 0 Å². The lowest BCUT2D eigenvalue weighted by atomic mass is 9.82. The second-order valence-electron chi connectivity index (χ2n) is 19.6. The minimum atomic E-state index is -0.134. The first-order valence-electron chi connectivity index (χ1n) is 26.2. The Morgan fingerprint density at radius 3 is 1.09 bits per heavy atom. The van der Waals surface area contributed by atoms with Crippen molar-refractivity contribution in [3.8, 4) is 0 Å². The maximum absolute atomic E-state index is 14.4. The van der Waals surface area contributed by atoms with Gasteiger partial charge in [-0.05, 0) is 62.3 Å². The number of para-hydroxylation sites is 4. The van der Waals surface area contributed by atoms with E-state index in [4.69, 9.17) is 9.97 Å². The standard InChI is InChI=1S/C60H62N10O4/c71-57-45-17-9-23-51(61-25-11-29-67-33-37-69(38-34-67)31-27-63-59(73)53-41-13-1-5-19-47(41)65-48-20-6-2-14-42(48)53)55(45)58(72)56-46(57)18-10-24-52(56)62-26-12-30-68-35-39-70(40-36-68)32-28-64-60(74)54-43-15-3-7-21-49(43)66-50-22-8-4-16-44(50)54/h1-10,13-24,61-62H,11-12,25-40H2,(H,63,73)(H,64,74). The Balaban J connectivity index is 0.606. The summed E-state index contributed by atoms with van der Waals surface area (Å²) in [6, 6.07) is 42.3. The topological polar surface area (TPSA) is 155 Å².